The summed E-state index contributed by atoms with van der Waals surface area (Å²) in [5.74, 6) is -0.0349. The molecule has 27 heavy (non-hydrogen) atoms. The van der Waals surface area contributed by atoms with Crippen molar-refractivity contribution in [2.75, 3.05) is 13.2 Å². The number of nitrogens with one attached hydrogen (secondary N) is 1. The average Bonchev–Trinajstić information content (AvgIpc) is 3.36. The number of ether oxygens (including phenoxy) is 2. The summed E-state index contributed by atoms with van der Waals surface area (Å²) in [6.07, 6.45) is -0.454. The fourth-order valence-corrected chi connectivity index (χ4v) is 3.32. The van der Waals surface area contributed by atoms with Crippen molar-refractivity contribution in [3.05, 3.63) is 30.1 Å². The van der Waals surface area contributed by atoms with Crippen molar-refractivity contribution >= 4 is 5.91 Å². The van der Waals surface area contributed by atoms with Gasteiger partial charge in [-0.25, -0.2) is 4.39 Å². The van der Waals surface area contributed by atoms with Crippen molar-refractivity contribution in [3.8, 4) is 11.4 Å². The molecule has 3 heterocycles. The van der Waals surface area contributed by atoms with Gasteiger partial charge in [0.25, 0.3) is 0 Å². The predicted molar refractivity (Wildman–Crippen MR) is 89.9 cm³/mol. The van der Waals surface area contributed by atoms with Gasteiger partial charge in [-0.2, -0.15) is 4.80 Å². The quantitative estimate of drug-likeness (QED) is 0.723. The topological polar surface area (TPSA) is 111 Å². The van der Waals surface area contributed by atoms with Gasteiger partial charge in [-0.1, -0.05) is 0 Å². The molecule has 1 aromatic carbocycles. The van der Waals surface area contributed by atoms with Crippen LogP contribution >= 0.6 is 0 Å². The molecule has 2 N–H and O–H groups in total. The van der Waals surface area contributed by atoms with Gasteiger partial charge in [0.15, 0.2) is 0 Å². The number of fused-ring (bicyclic) bond motifs is 1. The molecule has 0 spiro atoms. The molecule has 0 saturated carbocycles. The van der Waals surface area contributed by atoms with Crippen molar-refractivity contribution in [1.82, 2.24) is 25.5 Å². The molecule has 0 bridgehead atoms. The predicted octanol–water partition coefficient (Wildman–Crippen LogP) is -0.0973. The summed E-state index contributed by atoms with van der Waals surface area (Å²) in [4.78, 5) is 13.5. The number of aliphatic hydroxyl groups is 1. The highest BCUT2D eigenvalue weighted by Gasteiger charge is 2.47. The van der Waals surface area contributed by atoms with Gasteiger partial charge in [-0.15, -0.1) is 10.2 Å². The Labute approximate surface area is 154 Å². The first-order valence-electron chi connectivity index (χ1n) is 8.84. The molecule has 1 amide bonds. The normalized spacial score (nSPS) is 26.9. The summed E-state index contributed by atoms with van der Waals surface area (Å²) in [7, 11) is 0. The lowest BCUT2D eigenvalue weighted by atomic mass is 10.1. The second-order valence-corrected chi connectivity index (χ2v) is 6.66. The highest BCUT2D eigenvalue weighted by atomic mass is 19.1. The first kappa shape index (κ1) is 18.0. The van der Waals surface area contributed by atoms with Crippen LogP contribution in [0.4, 0.5) is 4.39 Å². The van der Waals surface area contributed by atoms with E-state index in [0.717, 1.165) is 0 Å². The Morgan fingerprint density at radius 2 is 2.04 bits per heavy atom. The van der Waals surface area contributed by atoms with Gasteiger partial charge < -0.3 is 19.9 Å². The van der Waals surface area contributed by atoms with E-state index in [9.17, 15) is 14.3 Å². The Hall–Kier alpha value is -2.43. The van der Waals surface area contributed by atoms with E-state index in [1.807, 2.05) is 0 Å². The molecule has 10 heteroatoms. The van der Waals surface area contributed by atoms with E-state index in [1.54, 1.807) is 12.1 Å². The summed E-state index contributed by atoms with van der Waals surface area (Å²) < 4.78 is 23.9. The zero-order valence-corrected chi connectivity index (χ0v) is 14.5. The van der Waals surface area contributed by atoms with Crippen LogP contribution in [0.15, 0.2) is 24.3 Å². The number of rotatable bonds is 6. The summed E-state index contributed by atoms with van der Waals surface area (Å²) in [5, 5.41) is 24.7. The van der Waals surface area contributed by atoms with Gasteiger partial charge in [0, 0.05) is 12.0 Å². The minimum Gasteiger partial charge on any atom is -0.388 e. The minimum atomic E-state index is -0.634. The maximum absolute atomic E-state index is 13.0. The van der Waals surface area contributed by atoms with Crippen LogP contribution < -0.4 is 5.32 Å². The number of hydrogen-bond donors (Lipinski definition) is 2. The average molecular weight is 377 g/mol. The van der Waals surface area contributed by atoms with Crippen molar-refractivity contribution in [2.45, 2.75) is 43.7 Å². The van der Waals surface area contributed by atoms with Crippen LogP contribution in [-0.4, -0.2) is 68.8 Å². The SMILES string of the molecule is O=C(CCCn1nnc(-c2ccc(F)cc2)n1)N[C@H]1CO[C@H]2[C@@H]1OC[C@H]2O. The van der Waals surface area contributed by atoms with Gasteiger partial charge in [0.05, 0.1) is 25.8 Å². The number of benzene rings is 1. The van der Waals surface area contributed by atoms with Crippen LogP contribution in [0.25, 0.3) is 11.4 Å². The molecule has 2 fully saturated rings. The van der Waals surface area contributed by atoms with Crippen LogP contribution in [-0.2, 0) is 20.8 Å². The second kappa shape index (κ2) is 7.67. The van der Waals surface area contributed by atoms with E-state index in [2.05, 4.69) is 20.7 Å². The molecular weight excluding hydrogens is 357 g/mol. The summed E-state index contributed by atoms with van der Waals surface area (Å²) in [6, 6.07) is 5.61. The van der Waals surface area contributed by atoms with Gasteiger partial charge in [0.2, 0.25) is 11.7 Å². The van der Waals surface area contributed by atoms with Gasteiger partial charge in [0.1, 0.15) is 24.1 Å². The maximum atomic E-state index is 13.0. The molecule has 0 unspecified atom stereocenters. The zero-order valence-electron chi connectivity index (χ0n) is 14.5. The highest BCUT2D eigenvalue weighted by molar-refractivity contribution is 5.76. The lowest BCUT2D eigenvalue weighted by Gasteiger charge is -2.17. The van der Waals surface area contributed by atoms with Crippen LogP contribution in [0.3, 0.4) is 0 Å². The van der Waals surface area contributed by atoms with Gasteiger partial charge in [-0.3, -0.25) is 4.79 Å². The van der Waals surface area contributed by atoms with Crippen LogP contribution in [0.1, 0.15) is 12.8 Å². The van der Waals surface area contributed by atoms with Crippen LogP contribution in [0.5, 0.6) is 0 Å². The zero-order chi connectivity index (χ0) is 18.8. The van der Waals surface area contributed by atoms with Crippen molar-refractivity contribution in [3.63, 3.8) is 0 Å². The molecule has 9 nitrogen and oxygen atoms in total. The molecule has 4 atom stereocenters. The van der Waals surface area contributed by atoms with E-state index in [-0.39, 0.29) is 36.6 Å². The fraction of sp³-hybridized carbons (Fsp3) is 0.529. The molecule has 1 aromatic heterocycles. The number of halogens is 1. The van der Waals surface area contributed by atoms with E-state index in [1.165, 1.54) is 16.9 Å². The lowest BCUT2D eigenvalue weighted by molar-refractivity contribution is -0.122. The molecule has 2 aliphatic rings. The number of amides is 1. The Kier molecular flexibility index (Phi) is 5.10. The smallest absolute Gasteiger partial charge is 0.220 e. The number of aromatic nitrogens is 4. The summed E-state index contributed by atoms with van der Waals surface area (Å²) >= 11 is 0. The molecule has 0 aliphatic carbocycles. The molecular formula is C17H20FN5O4. The molecule has 0 radical (unpaired) electrons. The van der Waals surface area contributed by atoms with Crippen molar-refractivity contribution in [2.24, 2.45) is 0 Å². The van der Waals surface area contributed by atoms with E-state index < -0.39 is 6.10 Å². The van der Waals surface area contributed by atoms with E-state index in [4.69, 9.17) is 9.47 Å². The minimum absolute atomic E-state index is 0.117. The number of carbonyl (C=O) groups is 1. The monoisotopic (exact) mass is 377 g/mol. The number of tetrazole rings is 1. The number of aryl methyl sites for hydroxylation is 1. The van der Waals surface area contributed by atoms with E-state index >= 15 is 0 Å². The lowest BCUT2D eigenvalue weighted by Crippen LogP contribution is -2.44. The standard InChI is InChI=1S/C17H20FN5O4/c18-11-5-3-10(4-6-11)17-20-22-23(21-17)7-1-2-14(25)19-12-8-26-16-13(24)9-27-15(12)16/h3-6,12-13,15-16,24H,1-2,7-9H2,(H,19,25)/t12-,13+,15+,16+/m0/s1. The Morgan fingerprint density at radius 3 is 2.85 bits per heavy atom. The third-order valence-corrected chi connectivity index (χ3v) is 4.69. The molecule has 4 rings (SSSR count). The Bertz CT molecular complexity index is 799. The summed E-state index contributed by atoms with van der Waals surface area (Å²) in [5.41, 5.74) is 0.676. The highest BCUT2D eigenvalue weighted by Crippen LogP contribution is 2.27. The molecule has 2 saturated heterocycles. The Balaban J connectivity index is 1.23. The van der Waals surface area contributed by atoms with E-state index in [0.29, 0.717) is 37.4 Å². The maximum Gasteiger partial charge on any atom is 0.220 e. The molecule has 2 aliphatic heterocycles. The molecule has 144 valence electrons. The number of nitrogens with zero attached hydrogens (tertiary/aromatic N) is 4. The number of hydrogen-bond acceptors (Lipinski definition) is 7. The fourth-order valence-electron chi connectivity index (χ4n) is 3.32. The Morgan fingerprint density at radius 1 is 1.26 bits per heavy atom. The van der Waals surface area contributed by atoms with Crippen LogP contribution in [0, 0.1) is 5.82 Å². The third kappa shape index (κ3) is 3.97. The number of carbonyl (C=O) groups excluding carboxylic acids is 1. The third-order valence-electron chi connectivity index (χ3n) is 4.69. The first-order chi connectivity index (χ1) is 13.1. The van der Waals surface area contributed by atoms with Crippen molar-refractivity contribution < 1.29 is 23.8 Å². The first-order valence-corrected chi connectivity index (χ1v) is 8.84. The largest absolute Gasteiger partial charge is 0.388 e. The second-order valence-electron chi connectivity index (χ2n) is 6.66. The van der Waals surface area contributed by atoms with Crippen LogP contribution in [0.2, 0.25) is 0 Å². The summed E-state index contributed by atoms with van der Waals surface area (Å²) in [6.45, 7) is 1.00. The van der Waals surface area contributed by atoms with Crippen molar-refractivity contribution in [1.29, 1.82) is 0 Å². The number of aliphatic hydroxyl groups excluding tert-OH is 1. The molecule has 2 aromatic rings. The van der Waals surface area contributed by atoms with Gasteiger partial charge >= 0.3 is 0 Å². The van der Waals surface area contributed by atoms with Gasteiger partial charge in [-0.05, 0) is 35.9 Å².